The Balaban J connectivity index is 2.21. The molecule has 0 aliphatic heterocycles. The van der Waals surface area contributed by atoms with E-state index in [-0.39, 0.29) is 23.8 Å². The molecule has 200 valence electrons. The third-order valence-electron chi connectivity index (χ3n) is 6.00. The molecule has 3 aromatic rings. The molecule has 0 saturated carbocycles. The summed E-state index contributed by atoms with van der Waals surface area (Å²) in [6, 6.07) is 12.1. The van der Waals surface area contributed by atoms with Crippen molar-refractivity contribution in [3.63, 3.8) is 0 Å². The van der Waals surface area contributed by atoms with E-state index >= 15 is 0 Å². The van der Waals surface area contributed by atoms with Crippen LogP contribution >= 0.6 is 11.6 Å². The zero-order valence-electron chi connectivity index (χ0n) is 21.5. The van der Waals surface area contributed by atoms with Gasteiger partial charge in [-0.1, -0.05) is 62.7 Å². The lowest BCUT2D eigenvalue weighted by molar-refractivity contribution is -0.145. The Morgan fingerprint density at radius 1 is 1.22 bits per heavy atom. The highest BCUT2D eigenvalue weighted by atomic mass is 35.5. The van der Waals surface area contributed by atoms with Crippen LogP contribution in [0.3, 0.4) is 0 Å². The van der Waals surface area contributed by atoms with Gasteiger partial charge < -0.3 is 15.7 Å². The van der Waals surface area contributed by atoms with Crippen LogP contribution < -0.4 is 5.73 Å². The number of hydrogen-bond donors (Lipinski definition) is 2. The Bertz CT molecular complexity index is 1200. The van der Waals surface area contributed by atoms with Crippen LogP contribution in [-0.2, 0) is 11.3 Å². The average molecular weight is 534 g/mol. The van der Waals surface area contributed by atoms with Crippen molar-refractivity contribution in [2.45, 2.75) is 58.8 Å². The van der Waals surface area contributed by atoms with Crippen molar-refractivity contribution < 1.29 is 18.7 Å². The maximum Gasteiger partial charge on any atom is 0.251 e. The number of aliphatic hydroxyl groups excluding tert-OH is 1. The van der Waals surface area contributed by atoms with E-state index in [0.717, 1.165) is 5.56 Å². The number of nitrogens with two attached hydrogens (primary N) is 1. The van der Waals surface area contributed by atoms with Crippen LogP contribution in [0, 0.1) is 11.2 Å². The highest BCUT2D eigenvalue weighted by molar-refractivity contribution is 6.33. The Morgan fingerprint density at radius 3 is 2.49 bits per heavy atom. The van der Waals surface area contributed by atoms with E-state index in [1.54, 1.807) is 4.68 Å². The predicted molar refractivity (Wildman–Crippen MR) is 140 cm³/mol. The fourth-order valence-corrected chi connectivity index (χ4v) is 4.40. The van der Waals surface area contributed by atoms with Gasteiger partial charge in [-0.2, -0.15) is 5.10 Å². The van der Waals surface area contributed by atoms with Crippen molar-refractivity contribution in [2.24, 2.45) is 11.1 Å². The second-order valence-electron chi connectivity index (χ2n) is 10.2. The molecule has 2 aromatic carbocycles. The van der Waals surface area contributed by atoms with Gasteiger partial charge in [0.1, 0.15) is 18.6 Å². The van der Waals surface area contributed by atoms with Gasteiger partial charge in [-0.15, -0.1) is 0 Å². The zero-order valence-corrected chi connectivity index (χ0v) is 22.3. The maximum absolute atomic E-state index is 14.1. The summed E-state index contributed by atoms with van der Waals surface area (Å²) in [4.78, 5) is 19.5. The van der Waals surface area contributed by atoms with Gasteiger partial charge in [0, 0.05) is 18.2 Å². The Kier molecular flexibility index (Phi) is 9.39. The van der Waals surface area contributed by atoms with Crippen LogP contribution in [-0.4, -0.2) is 56.0 Å². The SMILES string of the molecule is C[C@H](O)C(=O)N(CC[C@H](N)CF)[C@@H](c1nc(-c2cc(F)ccc2Cl)nn1Cc1ccccc1)C(C)(C)C. The quantitative estimate of drug-likeness (QED) is 0.391. The van der Waals surface area contributed by atoms with Crippen LogP contribution in [0.2, 0.25) is 5.02 Å². The topological polar surface area (TPSA) is 97.3 Å². The van der Waals surface area contributed by atoms with E-state index in [1.165, 1.54) is 30.0 Å². The standard InChI is InChI=1S/C27H34ClF2N5O2/c1-17(36)26(37)34(13-12-20(31)15-29)23(27(2,3)4)25-32-24(21-14-19(30)10-11-22(21)28)33-35(25)16-18-8-6-5-7-9-18/h5-11,14,17,20,23,36H,12-13,15-16,31H2,1-4H3/t17-,20-,23-/m0/s1. The molecule has 37 heavy (non-hydrogen) atoms. The number of amides is 1. The number of aliphatic hydroxyl groups is 1. The molecule has 10 heteroatoms. The number of rotatable bonds is 10. The highest BCUT2D eigenvalue weighted by Gasteiger charge is 2.40. The van der Waals surface area contributed by atoms with Gasteiger partial charge in [-0.25, -0.2) is 18.4 Å². The van der Waals surface area contributed by atoms with Crippen molar-refractivity contribution >= 4 is 17.5 Å². The lowest BCUT2D eigenvalue weighted by atomic mass is 9.84. The molecule has 0 fully saturated rings. The normalized spacial score (nSPS) is 14.3. The smallest absolute Gasteiger partial charge is 0.251 e. The summed E-state index contributed by atoms with van der Waals surface area (Å²) in [5.74, 6) is -0.395. The number of benzene rings is 2. The molecule has 0 bridgehead atoms. The van der Waals surface area contributed by atoms with E-state index in [4.69, 9.17) is 22.3 Å². The fourth-order valence-electron chi connectivity index (χ4n) is 4.19. The van der Waals surface area contributed by atoms with Crippen molar-refractivity contribution in [2.75, 3.05) is 13.2 Å². The summed E-state index contributed by atoms with van der Waals surface area (Å²) in [6.45, 7) is 6.89. The van der Waals surface area contributed by atoms with Crippen LogP contribution in [0.25, 0.3) is 11.4 Å². The van der Waals surface area contributed by atoms with Crippen LogP contribution in [0.15, 0.2) is 48.5 Å². The molecule has 1 heterocycles. The molecule has 0 aliphatic carbocycles. The summed E-state index contributed by atoms with van der Waals surface area (Å²) >= 11 is 6.37. The largest absolute Gasteiger partial charge is 0.384 e. The summed E-state index contributed by atoms with van der Waals surface area (Å²) in [5.41, 5.74) is 6.49. The predicted octanol–water partition coefficient (Wildman–Crippen LogP) is 4.77. The second-order valence-corrected chi connectivity index (χ2v) is 10.6. The lowest BCUT2D eigenvalue weighted by Gasteiger charge is -2.40. The molecular formula is C27H34ClF2N5O2. The molecule has 1 aromatic heterocycles. The Morgan fingerprint density at radius 2 is 1.89 bits per heavy atom. The fraction of sp³-hybridized carbons (Fsp3) is 0.444. The third kappa shape index (κ3) is 7.12. The molecule has 3 atom stereocenters. The minimum atomic E-state index is -1.30. The lowest BCUT2D eigenvalue weighted by Crippen LogP contribution is -2.47. The molecular weight excluding hydrogens is 500 g/mol. The summed E-state index contributed by atoms with van der Waals surface area (Å²) in [6.07, 6.45) is -1.11. The van der Waals surface area contributed by atoms with E-state index in [1.807, 2.05) is 51.1 Å². The van der Waals surface area contributed by atoms with Crippen LogP contribution in [0.1, 0.15) is 51.5 Å². The molecule has 0 saturated heterocycles. The molecule has 0 spiro atoms. The van der Waals surface area contributed by atoms with Gasteiger partial charge in [0.25, 0.3) is 5.91 Å². The number of carbonyl (C=O) groups is 1. The number of halogens is 3. The molecule has 0 radical (unpaired) electrons. The first-order chi connectivity index (χ1) is 17.4. The van der Waals surface area contributed by atoms with E-state index in [0.29, 0.717) is 17.9 Å². The van der Waals surface area contributed by atoms with E-state index in [2.05, 4.69) is 5.10 Å². The number of carbonyl (C=O) groups excluding carboxylic acids is 1. The van der Waals surface area contributed by atoms with Crippen molar-refractivity contribution in [3.8, 4) is 11.4 Å². The molecule has 7 nitrogen and oxygen atoms in total. The summed E-state index contributed by atoms with van der Waals surface area (Å²) < 4.78 is 29.0. The molecule has 3 rings (SSSR count). The minimum Gasteiger partial charge on any atom is -0.384 e. The summed E-state index contributed by atoms with van der Waals surface area (Å²) in [5, 5.41) is 15.2. The van der Waals surface area contributed by atoms with Crippen molar-refractivity contribution in [1.29, 1.82) is 0 Å². The molecule has 0 aliphatic rings. The van der Waals surface area contributed by atoms with Gasteiger partial charge in [0.2, 0.25) is 0 Å². The second kappa shape index (κ2) is 12.1. The average Bonchev–Trinajstić information content (AvgIpc) is 3.24. The van der Waals surface area contributed by atoms with Crippen LogP contribution in [0.5, 0.6) is 0 Å². The monoisotopic (exact) mass is 533 g/mol. The highest BCUT2D eigenvalue weighted by Crippen LogP contribution is 2.39. The first-order valence-corrected chi connectivity index (χ1v) is 12.5. The minimum absolute atomic E-state index is 0.102. The van der Waals surface area contributed by atoms with Gasteiger partial charge in [0.15, 0.2) is 11.6 Å². The van der Waals surface area contributed by atoms with E-state index < -0.39 is 42.0 Å². The maximum atomic E-state index is 14.1. The Hall–Kier alpha value is -2.88. The van der Waals surface area contributed by atoms with Crippen LogP contribution in [0.4, 0.5) is 8.78 Å². The first kappa shape index (κ1) is 28.7. The van der Waals surface area contributed by atoms with E-state index in [9.17, 15) is 18.7 Å². The molecule has 0 unspecified atom stereocenters. The molecule has 3 N–H and O–H groups in total. The van der Waals surface area contributed by atoms with Gasteiger partial charge >= 0.3 is 0 Å². The van der Waals surface area contributed by atoms with Gasteiger partial charge in [-0.05, 0) is 42.5 Å². The summed E-state index contributed by atoms with van der Waals surface area (Å²) in [7, 11) is 0. The number of hydrogen-bond acceptors (Lipinski definition) is 5. The zero-order chi connectivity index (χ0) is 27.3. The number of alkyl halides is 1. The number of nitrogens with zero attached hydrogens (tertiary/aromatic N) is 4. The van der Waals surface area contributed by atoms with Crippen molar-refractivity contribution in [1.82, 2.24) is 19.7 Å². The van der Waals surface area contributed by atoms with Gasteiger partial charge in [0.05, 0.1) is 17.6 Å². The molecule has 1 amide bonds. The first-order valence-electron chi connectivity index (χ1n) is 12.2. The Labute approximate surface area is 221 Å². The third-order valence-corrected chi connectivity index (χ3v) is 6.33. The van der Waals surface area contributed by atoms with Gasteiger partial charge in [-0.3, -0.25) is 4.79 Å². The number of aromatic nitrogens is 3. The van der Waals surface area contributed by atoms with Crippen molar-refractivity contribution in [3.05, 3.63) is 70.8 Å².